The Morgan fingerprint density at radius 3 is 2.69 bits per heavy atom. The molecule has 0 spiro atoms. The maximum atomic E-state index is 5.00. The first kappa shape index (κ1) is 19.1. The highest BCUT2D eigenvalue weighted by Crippen LogP contribution is 2.43. The van der Waals surface area contributed by atoms with Crippen molar-refractivity contribution in [2.45, 2.75) is 18.8 Å². The molecular weight excluding hydrogens is 416 g/mol. The highest BCUT2D eigenvalue weighted by molar-refractivity contribution is 7.18. The molecule has 1 aromatic carbocycles. The number of pyridine rings is 3. The SMILES string of the molecule is CN(C)c1ccnc2cc(-c3cccnc3)nc(Nc3ccc4nc(C5CC5)sc4c3)c12. The molecule has 1 fully saturated rings. The molecule has 0 aliphatic heterocycles. The van der Waals surface area contributed by atoms with Gasteiger partial charge in [0.25, 0.3) is 0 Å². The van der Waals surface area contributed by atoms with E-state index < -0.39 is 0 Å². The van der Waals surface area contributed by atoms with E-state index in [0.29, 0.717) is 5.92 Å². The van der Waals surface area contributed by atoms with Gasteiger partial charge in [-0.05, 0) is 55.3 Å². The third-order valence-corrected chi connectivity index (χ3v) is 6.91. The van der Waals surface area contributed by atoms with Crippen LogP contribution < -0.4 is 10.2 Å². The molecule has 5 aromatic rings. The molecule has 0 amide bonds. The van der Waals surface area contributed by atoms with Crippen LogP contribution >= 0.6 is 11.3 Å². The fourth-order valence-corrected chi connectivity index (χ4v) is 5.12. The van der Waals surface area contributed by atoms with Crippen LogP contribution in [0.3, 0.4) is 0 Å². The standard InChI is InChI=1S/C25H22N6S/c1-31(2)21-9-11-27-20-13-19(16-4-3-10-26-14-16)29-24(23(20)21)28-17-7-8-18-22(12-17)32-25(30-18)15-5-6-15/h3-4,7-15H,5-6H2,1-2H3,(H,28,29). The van der Waals surface area contributed by atoms with E-state index in [0.717, 1.165) is 44.9 Å². The monoisotopic (exact) mass is 438 g/mol. The van der Waals surface area contributed by atoms with Crippen LogP contribution in [-0.2, 0) is 0 Å². The summed E-state index contributed by atoms with van der Waals surface area (Å²) >= 11 is 1.80. The first-order valence-electron chi connectivity index (χ1n) is 10.7. The molecule has 6 rings (SSSR count). The Morgan fingerprint density at radius 2 is 1.91 bits per heavy atom. The van der Waals surface area contributed by atoms with Gasteiger partial charge in [0, 0.05) is 49.9 Å². The predicted octanol–water partition coefficient (Wildman–Crippen LogP) is 5.99. The first-order valence-corrected chi connectivity index (χ1v) is 11.5. The molecule has 7 heteroatoms. The lowest BCUT2D eigenvalue weighted by molar-refractivity contribution is 1.10. The van der Waals surface area contributed by atoms with E-state index in [9.17, 15) is 0 Å². The molecule has 1 N–H and O–H groups in total. The van der Waals surface area contributed by atoms with Crippen LogP contribution in [0, 0.1) is 0 Å². The average Bonchev–Trinajstić information content (AvgIpc) is 3.58. The third-order valence-electron chi connectivity index (χ3n) is 5.73. The Balaban J connectivity index is 1.49. The van der Waals surface area contributed by atoms with Crippen LogP contribution in [0.2, 0.25) is 0 Å². The molecule has 6 nitrogen and oxygen atoms in total. The molecule has 0 unspecified atom stereocenters. The fraction of sp³-hybridized carbons (Fsp3) is 0.200. The van der Waals surface area contributed by atoms with Crippen LogP contribution in [0.1, 0.15) is 23.8 Å². The minimum Gasteiger partial charge on any atom is -0.377 e. The summed E-state index contributed by atoms with van der Waals surface area (Å²) in [6, 6.07) is 14.3. The highest BCUT2D eigenvalue weighted by Gasteiger charge is 2.27. The number of nitrogens with one attached hydrogen (secondary N) is 1. The Labute approximate surface area is 190 Å². The number of thiazole rings is 1. The van der Waals surface area contributed by atoms with Crippen molar-refractivity contribution in [2.75, 3.05) is 24.3 Å². The van der Waals surface area contributed by atoms with Crippen LogP contribution in [0.25, 0.3) is 32.4 Å². The van der Waals surface area contributed by atoms with Gasteiger partial charge in [-0.2, -0.15) is 0 Å². The summed E-state index contributed by atoms with van der Waals surface area (Å²) in [4.78, 5) is 20.8. The molecule has 32 heavy (non-hydrogen) atoms. The summed E-state index contributed by atoms with van der Waals surface area (Å²) in [5.74, 6) is 1.45. The van der Waals surface area contributed by atoms with E-state index in [1.165, 1.54) is 22.5 Å². The lowest BCUT2D eigenvalue weighted by Gasteiger charge is -2.18. The number of hydrogen-bond donors (Lipinski definition) is 1. The second-order valence-corrected chi connectivity index (χ2v) is 9.41. The Hall–Kier alpha value is -3.58. The topological polar surface area (TPSA) is 66.8 Å². The number of rotatable bonds is 5. The maximum absolute atomic E-state index is 5.00. The minimum atomic E-state index is 0.666. The van der Waals surface area contributed by atoms with Gasteiger partial charge >= 0.3 is 0 Å². The van der Waals surface area contributed by atoms with Crippen LogP contribution in [0.5, 0.6) is 0 Å². The lowest BCUT2D eigenvalue weighted by Crippen LogP contribution is -2.10. The van der Waals surface area contributed by atoms with Crippen molar-refractivity contribution in [1.82, 2.24) is 19.9 Å². The minimum absolute atomic E-state index is 0.666. The van der Waals surface area contributed by atoms with E-state index in [1.54, 1.807) is 17.5 Å². The summed E-state index contributed by atoms with van der Waals surface area (Å²) in [7, 11) is 4.08. The molecule has 1 aliphatic carbocycles. The van der Waals surface area contributed by atoms with Crippen molar-refractivity contribution in [3.8, 4) is 11.3 Å². The van der Waals surface area contributed by atoms with Gasteiger partial charge < -0.3 is 10.2 Å². The number of anilines is 3. The first-order chi connectivity index (χ1) is 15.7. The zero-order valence-corrected chi connectivity index (χ0v) is 18.7. The average molecular weight is 439 g/mol. The number of benzene rings is 1. The Morgan fingerprint density at radius 1 is 1.00 bits per heavy atom. The van der Waals surface area contributed by atoms with E-state index >= 15 is 0 Å². The van der Waals surface area contributed by atoms with Crippen LogP contribution in [-0.4, -0.2) is 34.0 Å². The summed E-state index contributed by atoms with van der Waals surface area (Å²) in [5, 5.41) is 5.84. The fourth-order valence-electron chi connectivity index (χ4n) is 3.94. The van der Waals surface area contributed by atoms with Gasteiger partial charge in [0.2, 0.25) is 0 Å². The number of hydrogen-bond acceptors (Lipinski definition) is 7. The van der Waals surface area contributed by atoms with Gasteiger partial charge in [-0.25, -0.2) is 9.97 Å². The molecule has 158 valence electrons. The zero-order chi connectivity index (χ0) is 21.7. The molecule has 1 saturated carbocycles. The highest BCUT2D eigenvalue weighted by atomic mass is 32.1. The molecule has 0 radical (unpaired) electrons. The van der Waals surface area contributed by atoms with Crippen molar-refractivity contribution in [2.24, 2.45) is 0 Å². The molecule has 0 saturated heterocycles. The van der Waals surface area contributed by atoms with Crippen LogP contribution in [0.15, 0.2) is 61.1 Å². The Bertz CT molecular complexity index is 1440. The van der Waals surface area contributed by atoms with Crippen LogP contribution in [0.4, 0.5) is 17.2 Å². The van der Waals surface area contributed by atoms with E-state index in [4.69, 9.17) is 9.97 Å². The van der Waals surface area contributed by atoms with Crippen molar-refractivity contribution < 1.29 is 0 Å². The molecule has 0 atom stereocenters. The number of aromatic nitrogens is 4. The summed E-state index contributed by atoms with van der Waals surface area (Å²) in [6.45, 7) is 0. The van der Waals surface area contributed by atoms with E-state index in [-0.39, 0.29) is 0 Å². The van der Waals surface area contributed by atoms with Crippen molar-refractivity contribution in [3.05, 3.63) is 66.1 Å². The molecule has 1 aliphatic rings. The second-order valence-electron chi connectivity index (χ2n) is 8.35. The smallest absolute Gasteiger partial charge is 0.142 e. The molecule has 0 bridgehead atoms. The summed E-state index contributed by atoms with van der Waals surface area (Å²) in [6.07, 6.45) is 7.98. The lowest BCUT2D eigenvalue weighted by atomic mass is 10.1. The number of nitrogens with zero attached hydrogens (tertiary/aromatic N) is 5. The largest absolute Gasteiger partial charge is 0.377 e. The maximum Gasteiger partial charge on any atom is 0.142 e. The normalized spacial score (nSPS) is 13.6. The van der Waals surface area contributed by atoms with Gasteiger partial charge in [-0.15, -0.1) is 11.3 Å². The summed E-state index contributed by atoms with van der Waals surface area (Å²) < 4.78 is 1.20. The Kier molecular flexibility index (Phi) is 4.50. The van der Waals surface area contributed by atoms with Gasteiger partial charge in [0.1, 0.15) is 5.82 Å². The zero-order valence-electron chi connectivity index (χ0n) is 17.9. The van der Waals surface area contributed by atoms with Crippen molar-refractivity contribution in [1.29, 1.82) is 0 Å². The van der Waals surface area contributed by atoms with E-state index in [1.807, 2.05) is 50.8 Å². The van der Waals surface area contributed by atoms with Gasteiger partial charge in [0.05, 0.1) is 37.5 Å². The van der Waals surface area contributed by atoms with Crippen molar-refractivity contribution >= 4 is 49.6 Å². The molecular formula is C25H22N6S. The van der Waals surface area contributed by atoms with Gasteiger partial charge in [0.15, 0.2) is 0 Å². The quantitative estimate of drug-likeness (QED) is 0.364. The summed E-state index contributed by atoms with van der Waals surface area (Å²) in [5.41, 5.74) is 5.82. The van der Waals surface area contributed by atoms with E-state index in [2.05, 4.69) is 38.4 Å². The predicted molar refractivity (Wildman–Crippen MR) is 132 cm³/mol. The molecule has 4 heterocycles. The molecule has 4 aromatic heterocycles. The van der Waals surface area contributed by atoms with Gasteiger partial charge in [-0.1, -0.05) is 0 Å². The third kappa shape index (κ3) is 3.44. The number of fused-ring (bicyclic) bond motifs is 2. The van der Waals surface area contributed by atoms with Gasteiger partial charge in [-0.3, -0.25) is 9.97 Å². The second kappa shape index (κ2) is 7.53. The van der Waals surface area contributed by atoms with Crippen molar-refractivity contribution in [3.63, 3.8) is 0 Å².